The number of nitrogens with zero attached hydrogens (tertiary/aromatic N) is 2. The van der Waals surface area contributed by atoms with Gasteiger partial charge >= 0.3 is 0 Å². The summed E-state index contributed by atoms with van der Waals surface area (Å²) < 4.78 is 5.34. The van der Waals surface area contributed by atoms with E-state index < -0.39 is 0 Å². The second-order valence-electron chi connectivity index (χ2n) is 7.13. The molecule has 4 nitrogen and oxygen atoms in total. The topological polar surface area (TPSA) is 32.8 Å². The Morgan fingerprint density at radius 2 is 2.00 bits per heavy atom. The van der Waals surface area contributed by atoms with Gasteiger partial charge in [-0.3, -0.25) is 9.69 Å². The maximum Gasteiger partial charge on any atom is 0.238 e. The number of piperidine rings is 1. The highest BCUT2D eigenvalue weighted by Crippen LogP contribution is 2.46. The molecule has 2 aliphatic rings. The molecular weight excluding hydrogens is 312 g/mol. The number of hydrogen-bond donors (Lipinski definition) is 0. The van der Waals surface area contributed by atoms with Gasteiger partial charge < -0.3 is 9.64 Å². The average Bonchev–Trinajstić information content (AvgIpc) is 2.85. The summed E-state index contributed by atoms with van der Waals surface area (Å²) in [7, 11) is 3.59. The number of rotatable bonds is 3. The molecule has 0 bridgehead atoms. The highest BCUT2D eigenvalue weighted by Gasteiger charge is 2.51. The molecule has 25 heavy (non-hydrogen) atoms. The van der Waals surface area contributed by atoms with Crippen LogP contribution in [-0.2, 0) is 16.8 Å². The van der Waals surface area contributed by atoms with Crippen molar-refractivity contribution in [2.75, 3.05) is 32.1 Å². The summed E-state index contributed by atoms with van der Waals surface area (Å²) in [5, 5.41) is 0. The van der Waals surface area contributed by atoms with E-state index in [-0.39, 0.29) is 11.3 Å². The molecule has 0 N–H and O–H groups in total. The largest absolute Gasteiger partial charge is 0.497 e. The van der Waals surface area contributed by atoms with Gasteiger partial charge in [-0.15, -0.1) is 0 Å². The maximum atomic E-state index is 13.1. The Labute approximate surface area is 149 Å². The van der Waals surface area contributed by atoms with Gasteiger partial charge in [0.2, 0.25) is 5.91 Å². The van der Waals surface area contributed by atoms with Crippen LogP contribution in [0.25, 0.3) is 0 Å². The van der Waals surface area contributed by atoms with E-state index in [2.05, 4.69) is 29.2 Å². The monoisotopic (exact) mass is 336 g/mol. The molecule has 0 aliphatic carbocycles. The average molecular weight is 336 g/mol. The second kappa shape index (κ2) is 6.19. The Morgan fingerprint density at radius 3 is 2.84 bits per heavy atom. The number of methoxy groups -OCH3 is 1. The Morgan fingerprint density at radius 1 is 1.16 bits per heavy atom. The predicted molar refractivity (Wildman–Crippen MR) is 99.0 cm³/mol. The number of fused-ring (bicyclic) bond motifs is 2. The fraction of sp³-hybridized carbons (Fsp3) is 0.381. The van der Waals surface area contributed by atoms with Crippen molar-refractivity contribution in [1.29, 1.82) is 0 Å². The highest BCUT2D eigenvalue weighted by atomic mass is 16.5. The van der Waals surface area contributed by atoms with E-state index in [4.69, 9.17) is 4.74 Å². The fourth-order valence-corrected chi connectivity index (χ4v) is 4.42. The number of benzene rings is 2. The van der Waals surface area contributed by atoms with E-state index >= 15 is 0 Å². The molecule has 1 amide bonds. The number of ether oxygens (including phenoxy) is 1. The number of carbonyl (C=O) groups is 1. The van der Waals surface area contributed by atoms with Crippen molar-refractivity contribution >= 4 is 11.6 Å². The van der Waals surface area contributed by atoms with Crippen molar-refractivity contribution in [1.82, 2.24) is 4.90 Å². The molecule has 1 saturated heterocycles. The van der Waals surface area contributed by atoms with E-state index in [1.54, 1.807) is 7.11 Å². The first-order chi connectivity index (χ1) is 12.1. The molecule has 2 aromatic carbocycles. The van der Waals surface area contributed by atoms with Crippen LogP contribution in [0.2, 0.25) is 0 Å². The van der Waals surface area contributed by atoms with E-state index in [0.717, 1.165) is 43.9 Å². The molecule has 0 radical (unpaired) electrons. The Bertz CT molecular complexity index is 804. The maximum absolute atomic E-state index is 13.1. The van der Waals surface area contributed by atoms with E-state index in [1.807, 2.05) is 36.2 Å². The van der Waals surface area contributed by atoms with Crippen LogP contribution in [0.1, 0.15) is 24.0 Å². The third-order valence-corrected chi connectivity index (χ3v) is 5.61. The zero-order valence-electron chi connectivity index (χ0n) is 14.9. The lowest BCUT2D eigenvalue weighted by molar-refractivity contribution is -0.125. The minimum Gasteiger partial charge on any atom is -0.497 e. The summed E-state index contributed by atoms with van der Waals surface area (Å²) in [4.78, 5) is 17.4. The molecular formula is C21H24N2O2. The lowest BCUT2D eigenvalue weighted by Gasteiger charge is -2.39. The third kappa shape index (κ3) is 2.61. The molecule has 0 aromatic heterocycles. The number of likely N-dealkylation sites (tertiary alicyclic amines) is 1. The third-order valence-electron chi connectivity index (χ3n) is 5.61. The number of anilines is 1. The molecule has 1 spiro atoms. The standard InChI is InChI=1S/C21H24N2O2/c1-22-19-10-4-3-9-18(19)21(20(22)24)11-6-12-23(15-21)14-16-7-5-8-17(13-16)25-2/h3-5,7-10,13H,6,11-12,14-15H2,1-2H3/t21-/m0/s1. The molecule has 4 rings (SSSR count). The van der Waals surface area contributed by atoms with Crippen LogP contribution in [-0.4, -0.2) is 38.1 Å². The Hall–Kier alpha value is -2.33. The summed E-state index contributed by atoms with van der Waals surface area (Å²) in [6.07, 6.45) is 1.97. The molecule has 1 fully saturated rings. The van der Waals surface area contributed by atoms with Crippen LogP contribution < -0.4 is 9.64 Å². The van der Waals surface area contributed by atoms with Crippen LogP contribution in [0, 0.1) is 0 Å². The van der Waals surface area contributed by atoms with Gasteiger partial charge in [0.1, 0.15) is 5.75 Å². The lowest BCUT2D eigenvalue weighted by atomic mass is 9.75. The molecule has 0 saturated carbocycles. The molecule has 130 valence electrons. The zero-order valence-corrected chi connectivity index (χ0v) is 14.9. The molecule has 0 unspecified atom stereocenters. The van der Waals surface area contributed by atoms with Gasteiger partial charge in [-0.1, -0.05) is 30.3 Å². The van der Waals surface area contributed by atoms with Crippen molar-refractivity contribution < 1.29 is 9.53 Å². The molecule has 4 heteroatoms. The van der Waals surface area contributed by atoms with Crippen molar-refractivity contribution in [3.05, 3.63) is 59.7 Å². The van der Waals surface area contributed by atoms with Crippen molar-refractivity contribution in [2.24, 2.45) is 0 Å². The van der Waals surface area contributed by atoms with Crippen molar-refractivity contribution in [2.45, 2.75) is 24.8 Å². The van der Waals surface area contributed by atoms with Gasteiger partial charge in [0.05, 0.1) is 12.5 Å². The predicted octanol–water partition coefficient (Wildman–Crippen LogP) is 3.21. The first-order valence-corrected chi connectivity index (χ1v) is 8.87. The summed E-state index contributed by atoms with van der Waals surface area (Å²) in [6.45, 7) is 2.65. The number of carbonyl (C=O) groups excluding carboxylic acids is 1. The Balaban J connectivity index is 1.62. The van der Waals surface area contributed by atoms with Gasteiger partial charge in [0, 0.05) is 25.8 Å². The van der Waals surface area contributed by atoms with Gasteiger partial charge in [-0.05, 0) is 48.7 Å². The summed E-state index contributed by atoms with van der Waals surface area (Å²) in [5.74, 6) is 1.12. The van der Waals surface area contributed by atoms with Gasteiger partial charge in [0.25, 0.3) is 0 Å². The number of amides is 1. The van der Waals surface area contributed by atoms with E-state index in [0.29, 0.717) is 0 Å². The number of para-hydroxylation sites is 1. The van der Waals surface area contributed by atoms with Crippen LogP contribution in [0.3, 0.4) is 0 Å². The summed E-state index contributed by atoms with van der Waals surface area (Å²) in [6, 6.07) is 16.4. The highest BCUT2D eigenvalue weighted by molar-refractivity contribution is 6.08. The fourth-order valence-electron chi connectivity index (χ4n) is 4.42. The molecule has 2 heterocycles. The number of hydrogen-bond acceptors (Lipinski definition) is 3. The van der Waals surface area contributed by atoms with Gasteiger partial charge in [0.15, 0.2) is 0 Å². The Kier molecular flexibility index (Phi) is 4.00. The van der Waals surface area contributed by atoms with Crippen LogP contribution in [0.15, 0.2) is 48.5 Å². The lowest BCUT2D eigenvalue weighted by Crippen LogP contribution is -2.51. The summed E-state index contributed by atoms with van der Waals surface area (Å²) in [5.41, 5.74) is 3.10. The zero-order chi connectivity index (χ0) is 17.4. The number of likely N-dealkylation sites (N-methyl/N-ethyl adjacent to an activating group) is 1. The van der Waals surface area contributed by atoms with E-state index in [9.17, 15) is 4.79 Å². The molecule has 1 atom stereocenters. The van der Waals surface area contributed by atoms with Crippen LogP contribution >= 0.6 is 0 Å². The van der Waals surface area contributed by atoms with Gasteiger partial charge in [-0.2, -0.15) is 0 Å². The minimum atomic E-state index is -0.386. The quantitative estimate of drug-likeness (QED) is 0.863. The minimum absolute atomic E-state index is 0.240. The van der Waals surface area contributed by atoms with Crippen LogP contribution in [0.5, 0.6) is 5.75 Å². The summed E-state index contributed by atoms with van der Waals surface area (Å²) >= 11 is 0. The SMILES string of the molecule is COc1cccc(CN2CCC[C@@]3(C2)C(=O)N(C)c2ccccc23)c1. The second-order valence-corrected chi connectivity index (χ2v) is 7.13. The molecule has 2 aliphatic heterocycles. The van der Waals surface area contributed by atoms with E-state index in [1.165, 1.54) is 11.1 Å². The first-order valence-electron chi connectivity index (χ1n) is 8.87. The smallest absolute Gasteiger partial charge is 0.238 e. The van der Waals surface area contributed by atoms with Crippen molar-refractivity contribution in [3.63, 3.8) is 0 Å². The normalized spacial score (nSPS) is 23.1. The van der Waals surface area contributed by atoms with Crippen molar-refractivity contribution in [3.8, 4) is 5.75 Å². The molecule has 2 aromatic rings. The van der Waals surface area contributed by atoms with Crippen LogP contribution in [0.4, 0.5) is 5.69 Å². The first kappa shape index (κ1) is 16.2. The van der Waals surface area contributed by atoms with Gasteiger partial charge in [-0.25, -0.2) is 0 Å².